The second-order valence-corrected chi connectivity index (χ2v) is 3.45. The number of methoxy groups -OCH3 is 2. The van der Waals surface area contributed by atoms with Crippen LogP contribution in [0.1, 0.15) is 26.2 Å². The van der Waals surface area contributed by atoms with Gasteiger partial charge in [-0.05, 0) is 31.6 Å². The molecule has 0 saturated heterocycles. The minimum absolute atomic E-state index is 0.296. The van der Waals surface area contributed by atoms with Crippen LogP contribution in [0.4, 0.5) is 0 Å². The van der Waals surface area contributed by atoms with Crippen LogP contribution in [0.3, 0.4) is 0 Å². The Morgan fingerprint density at radius 3 is 2.25 bits per heavy atom. The lowest BCUT2D eigenvalue weighted by Gasteiger charge is -2.33. The minimum Gasteiger partial charge on any atom is -0.379 e. The largest absolute Gasteiger partial charge is 0.379 e. The van der Waals surface area contributed by atoms with Crippen molar-refractivity contribution in [2.45, 2.75) is 38.4 Å². The van der Waals surface area contributed by atoms with Gasteiger partial charge in [0.05, 0.1) is 12.2 Å². The summed E-state index contributed by atoms with van der Waals surface area (Å²) in [5.74, 6) is 0.723. The fourth-order valence-corrected chi connectivity index (χ4v) is 1.95. The Hall–Kier alpha value is -0.0800. The Kier molecular flexibility index (Phi) is 4.02. The molecule has 1 aliphatic carbocycles. The maximum atomic E-state index is 5.38. The first kappa shape index (κ1) is 10.0. The molecule has 1 rings (SSSR count). The number of ether oxygens (including phenoxy) is 2. The molecule has 2 heteroatoms. The predicted molar refractivity (Wildman–Crippen MR) is 48.9 cm³/mol. The summed E-state index contributed by atoms with van der Waals surface area (Å²) >= 11 is 0. The van der Waals surface area contributed by atoms with Crippen molar-refractivity contribution >= 4 is 0 Å². The molecule has 1 aliphatic rings. The van der Waals surface area contributed by atoms with Crippen molar-refractivity contribution in [3.63, 3.8) is 0 Å². The van der Waals surface area contributed by atoms with Crippen LogP contribution >= 0.6 is 0 Å². The van der Waals surface area contributed by atoms with Crippen molar-refractivity contribution in [2.75, 3.05) is 14.2 Å². The molecule has 1 saturated carbocycles. The van der Waals surface area contributed by atoms with Crippen LogP contribution in [0.2, 0.25) is 0 Å². The lowest BCUT2D eigenvalue weighted by atomic mass is 9.84. The Bertz CT molecular complexity index is 125. The van der Waals surface area contributed by atoms with E-state index in [1.165, 1.54) is 6.42 Å². The average Bonchev–Trinajstić information content (AvgIpc) is 2.16. The van der Waals surface area contributed by atoms with Crippen LogP contribution in [0.25, 0.3) is 0 Å². The summed E-state index contributed by atoms with van der Waals surface area (Å²) in [5, 5.41) is 0. The van der Waals surface area contributed by atoms with Crippen LogP contribution in [-0.2, 0) is 9.47 Å². The zero-order valence-electron chi connectivity index (χ0n) is 8.25. The number of rotatable bonds is 3. The summed E-state index contributed by atoms with van der Waals surface area (Å²) in [6, 6.07) is 0. The molecule has 0 aromatic carbocycles. The molecule has 1 fully saturated rings. The maximum Gasteiger partial charge on any atom is 0.0835 e. The first-order chi connectivity index (χ1) is 5.81. The van der Waals surface area contributed by atoms with E-state index in [1.807, 2.05) is 0 Å². The second-order valence-electron chi connectivity index (χ2n) is 3.45. The van der Waals surface area contributed by atoms with Gasteiger partial charge in [-0.3, -0.25) is 0 Å². The van der Waals surface area contributed by atoms with Crippen LogP contribution in [0, 0.1) is 12.3 Å². The predicted octanol–water partition coefficient (Wildman–Crippen LogP) is 2.04. The van der Waals surface area contributed by atoms with E-state index < -0.39 is 0 Å². The summed E-state index contributed by atoms with van der Waals surface area (Å²) in [6.07, 6.45) is 6.37. The summed E-state index contributed by atoms with van der Waals surface area (Å²) in [4.78, 5) is 0. The molecule has 71 valence electrons. The van der Waals surface area contributed by atoms with E-state index >= 15 is 0 Å². The third-order valence-electron chi connectivity index (χ3n) is 2.85. The molecule has 2 nitrogen and oxygen atoms in total. The first-order valence-electron chi connectivity index (χ1n) is 4.66. The topological polar surface area (TPSA) is 18.5 Å². The van der Waals surface area contributed by atoms with Gasteiger partial charge in [0.25, 0.3) is 0 Å². The summed E-state index contributed by atoms with van der Waals surface area (Å²) in [5.41, 5.74) is 0. The van der Waals surface area contributed by atoms with E-state index in [4.69, 9.17) is 9.47 Å². The molecule has 0 aromatic rings. The molecule has 0 N–H and O–H groups in total. The van der Waals surface area contributed by atoms with Crippen LogP contribution in [0.5, 0.6) is 0 Å². The SMILES string of the molecule is C[CH]C1CCC(OC)C(OC)C1. The normalized spacial score (nSPS) is 36.8. The van der Waals surface area contributed by atoms with Gasteiger partial charge in [-0.2, -0.15) is 0 Å². The summed E-state index contributed by atoms with van der Waals surface area (Å²) in [7, 11) is 3.54. The Labute approximate surface area is 75.2 Å². The van der Waals surface area contributed by atoms with E-state index in [9.17, 15) is 0 Å². The third kappa shape index (κ3) is 2.20. The van der Waals surface area contributed by atoms with Gasteiger partial charge < -0.3 is 9.47 Å². The van der Waals surface area contributed by atoms with Crippen molar-refractivity contribution in [2.24, 2.45) is 5.92 Å². The van der Waals surface area contributed by atoms with Gasteiger partial charge >= 0.3 is 0 Å². The molecule has 0 aromatic heterocycles. The van der Waals surface area contributed by atoms with Gasteiger partial charge in [-0.15, -0.1) is 0 Å². The van der Waals surface area contributed by atoms with Crippen LogP contribution in [-0.4, -0.2) is 26.4 Å². The molecule has 0 heterocycles. The number of hydrogen-bond acceptors (Lipinski definition) is 2. The molecule has 12 heavy (non-hydrogen) atoms. The van der Waals surface area contributed by atoms with Crippen LogP contribution in [0.15, 0.2) is 0 Å². The van der Waals surface area contributed by atoms with Gasteiger partial charge in [-0.25, -0.2) is 0 Å². The quantitative estimate of drug-likeness (QED) is 0.647. The van der Waals surface area contributed by atoms with Crippen molar-refractivity contribution in [1.82, 2.24) is 0 Å². The van der Waals surface area contributed by atoms with E-state index in [-0.39, 0.29) is 0 Å². The Morgan fingerprint density at radius 2 is 1.75 bits per heavy atom. The van der Waals surface area contributed by atoms with E-state index in [2.05, 4.69) is 13.3 Å². The molecule has 0 bridgehead atoms. The first-order valence-corrected chi connectivity index (χ1v) is 4.66. The standard InChI is InChI=1S/C10H19O2/c1-4-8-5-6-9(11-2)10(7-8)12-3/h4,8-10H,5-7H2,1-3H3. The zero-order valence-corrected chi connectivity index (χ0v) is 8.25. The summed E-state index contributed by atoms with van der Waals surface area (Å²) in [6.45, 7) is 2.13. The van der Waals surface area contributed by atoms with Gasteiger partial charge in [0.15, 0.2) is 0 Å². The molecule has 3 atom stereocenters. The third-order valence-corrected chi connectivity index (χ3v) is 2.85. The molecule has 1 radical (unpaired) electrons. The van der Waals surface area contributed by atoms with E-state index in [0.717, 1.165) is 18.8 Å². The van der Waals surface area contributed by atoms with E-state index in [0.29, 0.717) is 12.2 Å². The van der Waals surface area contributed by atoms with Gasteiger partial charge in [0, 0.05) is 14.2 Å². The molecular formula is C10H19O2. The molecule has 0 amide bonds. The highest BCUT2D eigenvalue weighted by Crippen LogP contribution is 2.29. The Morgan fingerprint density at radius 1 is 1.08 bits per heavy atom. The van der Waals surface area contributed by atoms with Gasteiger partial charge in [0.1, 0.15) is 0 Å². The Balaban J connectivity index is 2.41. The van der Waals surface area contributed by atoms with Crippen molar-refractivity contribution in [1.29, 1.82) is 0 Å². The average molecular weight is 171 g/mol. The van der Waals surface area contributed by atoms with Crippen molar-refractivity contribution < 1.29 is 9.47 Å². The highest BCUT2D eigenvalue weighted by Gasteiger charge is 2.29. The lowest BCUT2D eigenvalue weighted by Crippen LogP contribution is -2.36. The lowest BCUT2D eigenvalue weighted by molar-refractivity contribution is -0.0669. The molecular weight excluding hydrogens is 152 g/mol. The van der Waals surface area contributed by atoms with Crippen LogP contribution < -0.4 is 0 Å². The number of hydrogen-bond donors (Lipinski definition) is 0. The van der Waals surface area contributed by atoms with Crippen molar-refractivity contribution in [3.8, 4) is 0 Å². The smallest absolute Gasteiger partial charge is 0.0835 e. The highest BCUT2D eigenvalue weighted by molar-refractivity contribution is 4.86. The maximum absolute atomic E-state index is 5.38. The van der Waals surface area contributed by atoms with Gasteiger partial charge in [0.2, 0.25) is 0 Å². The molecule has 3 unspecified atom stereocenters. The second kappa shape index (κ2) is 4.83. The minimum atomic E-state index is 0.296. The molecule has 0 spiro atoms. The van der Waals surface area contributed by atoms with Gasteiger partial charge in [-0.1, -0.05) is 6.92 Å². The fraction of sp³-hybridized carbons (Fsp3) is 0.900. The summed E-state index contributed by atoms with van der Waals surface area (Å²) < 4.78 is 10.7. The van der Waals surface area contributed by atoms with E-state index in [1.54, 1.807) is 14.2 Å². The highest BCUT2D eigenvalue weighted by atomic mass is 16.5. The fourth-order valence-electron chi connectivity index (χ4n) is 1.95. The molecule has 0 aliphatic heterocycles. The zero-order chi connectivity index (χ0) is 8.97. The monoisotopic (exact) mass is 171 g/mol. The van der Waals surface area contributed by atoms with Crippen molar-refractivity contribution in [3.05, 3.63) is 6.42 Å².